The SMILES string of the molecule is CCc1nn(C)c(CC(=O)c2ccc(N)c(Br)c2)c1Cl. The van der Waals surface area contributed by atoms with Gasteiger partial charge in [0.15, 0.2) is 5.78 Å². The molecular weight excluding hydrogens is 342 g/mol. The maximum absolute atomic E-state index is 12.3. The Hall–Kier alpha value is -1.33. The molecule has 0 atom stereocenters. The van der Waals surface area contributed by atoms with Crippen LogP contribution in [0.2, 0.25) is 5.02 Å². The van der Waals surface area contributed by atoms with Crippen LogP contribution in [0.4, 0.5) is 5.69 Å². The smallest absolute Gasteiger partial charge is 0.168 e. The van der Waals surface area contributed by atoms with Crippen LogP contribution in [0.1, 0.15) is 28.7 Å². The summed E-state index contributed by atoms with van der Waals surface area (Å²) in [5.41, 5.74) is 8.47. The van der Waals surface area contributed by atoms with Crippen molar-refractivity contribution in [1.29, 1.82) is 0 Å². The van der Waals surface area contributed by atoms with Crippen LogP contribution >= 0.6 is 27.5 Å². The molecule has 106 valence electrons. The topological polar surface area (TPSA) is 60.9 Å². The van der Waals surface area contributed by atoms with Crippen LogP contribution in [-0.2, 0) is 19.9 Å². The van der Waals surface area contributed by atoms with Crippen molar-refractivity contribution in [1.82, 2.24) is 9.78 Å². The van der Waals surface area contributed by atoms with E-state index in [-0.39, 0.29) is 12.2 Å². The van der Waals surface area contributed by atoms with Crippen molar-refractivity contribution in [3.05, 3.63) is 44.6 Å². The minimum atomic E-state index is -0.0155. The first-order valence-corrected chi connectivity index (χ1v) is 7.39. The molecule has 4 nitrogen and oxygen atoms in total. The van der Waals surface area contributed by atoms with Gasteiger partial charge in [0.1, 0.15) is 0 Å². The summed E-state index contributed by atoms with van der Waals surface area (Å²) in [6, 6.07) is 5.15. The second-order valence-electron chi connectivity index (χ2n) is 4.52. The quantitative estimate of drug-likeness (QED) is 0.674. The number of ketones is 1. The van der Waals surface area contributed by atoms with Gasteiger partial charge in [0.25, 0.3) is 0 Å². The first-order chi connectivity index (χ1) is 9.43. The molecular formula is C14H15BrClN3O. The average Bonchev–Trinajstić information content (AvgIpc) is 2.69. The van der Waals surface area contributed by atoms with Crippen LogP contribution in [-0.4, -0.2) is 15.6 Å². The second-order valence-corrected chi connectivity index (χ2v) is 5.75. The molecule has 1 aromatic carbocycles. The number of carbonyl (C=O) groups is 1. The van der Waals surface area contributed by atoms with E-state index in [0.29, 0.717) is 20.7 Å². The van der Waals surface area contributed by atoms with Gasteiger partial charge in [0.05, 0.1) is 22.8 Å². The molecule has 0 radical (unpaired) electrons. The summed E-state index contributed by atoms with van der Waals surface area (Å²) in [5.74, 6) is -0.0155. The van der Waals surface area contributed by atoms with E-state index in [2.05, 4.69) is 21.0 Å². The van der Waals surface area contributed by atoms with E-state index in [9.17, 15) is 4.79 Å². The van der Waals surface area contributed by atoms with Gasteiger partial charge < -0.3 is 5.73 Å². The average molecular weight is 357 g/mol. The number of nitrogens with zero attached hydrogens (tertiary/aromatic N) is 2. The fourth-order valence-corrected chi connectivity index (χ4v) is 2.71. The minimum Gasteiger partial charge on any atom is -0.398 e. The zero-order valence-corrected chi connectivity index (χ0v) is 13.6. The Morgan fingerprint density at radius 2 is 2.20 bits per heavy atom. The number of hydrogen-bond acceptors (Lipinski definition) is 3. The molecule has 0 saturated carbocycles. The number of halogens is 2. The van der Waals surface area contributed by atoms with Crippen molar-refractivity contribution >= 4 is 39.0 Å². The normalized spacial score (nSPS) is 10.8. The lowest BCUT2D eigenvalue weighted by Crippen LogP contribution is -2.08. The van der Waals surface area contributed by atoms with Crippen LogP contribution in [0.5, 0.6) is 0 Å². The standard InChI is InChI=1S/C14H15BrClN3O/c1-3-11-14(16)12(19(2)18-11)7-13(20)8-4-5-10(17)9(15)6-8/h4-6H,3,7,17H2,1-2H3. The zero-order chi connectivity index (χ0) is 14.9. The summed E-state index contributed by atoms with van der Waals surface area (Å²) in [5, 5.41) is 4.89. The molecule has 0 aliphatic rings. The Bertz CT molecular complexity index is 667. The third-order valence-corrected chi connectivity index (χ3v) is 4.28. The Labute approximate surface area is 131 Å². The molecule has 0 unspecified atom stereocenters. The number of hydrogen-bond donors (Lipinski definition) is 1. The molecule has 0 bridgehead atoms. The highest BCUT2D eigenvalue weighted by atomic mass is 79.9. The Morgan fingerprint density at radius 1 is 1.50 bits per heavy atom. The zero-order valence-electron chi connectivity index (χ0n) is 11.3. The summed E-state index contributed by atoms with van der Waals surface area (Å²) in [6.45, 7) is 1.98. The van der Waals surface area contributed by atoms with Gasteiger partial charge >= 0.3 is 0 Å². The number of nitrogen functional groups attached to an aromatic ring is 1. The minimum absolute atomic E-state index is 0.0155. The number of rotatable bonds is 4. The molecule has 0 fully saturated rings. The van der Waals surface area contributed by atoms with E-state index in [4.69, 9.17) is 17.3 Å². The third-order valence-electron chi connectivity index (χ3n) is 3.15. The van der Waals surface area contributed by atoms with Gasteiger partial charge in [-0.1, -0.05) is 18.5 Å². The van der Waals surface area contributed by atoms with Gasteiger partial charge in [-0.15, -0.1) is 0 Å². The number of carbonyl (C=O) groups excluding carboxylic acids is 1. The van der Waals surface area contributed by atoms with Crippen molar-refractivity contribution in [3.63, 3.8) is 0 Å². The van der Waals surface area contributed by atoms with Crippen LogP contribution in [0.15, 0.2) is 22.7 Å². The molecule has 0 spiro atoms. The van der Waals surface area contributed by atoms with Crippen LogP contribution in [0.3, 0.4) is 0 Å². The van der Waals surface area contributed by atoms with Crippen molar-refractivity contribution in [3.8, 4) is 0 Å². The predicted molar refractivity (Wildman–Crippen MR) is 84.2 cm³/mol. The van der Waals surface area contributed by atoms with E-state index in [1.807, 2.05) is 6.92 Å². The van der Waals surface area contributed by atoms with Gasteiger partial charge in [0, 0.05) is 22.8 Å². The summed E-state index contributed by atoms with van der Waals surface area (Å²) in [6.07, 6.45) is 0.965. The predicted octanol–water partition coefficient (Wildman–Crippen LogP) is 3.41. The molecule has 20 heavy (non-hydrogen) atoms. The number of anilines is 1. The number of aryl methyl sites for hydroxylation is 2. The Kier molecular flexibility index (Phi) is 4.50. The molecule has 2 N–H and O–H groups in total. The first-order valence-electron chi connectivity index (χ1n) is 6.22. The third kappa shape index (κ3) is 2.88. The van der Waals surface area contributed by atoms with E-state index < -0.39 is 0 Å². The lowest BCUT2D eigenvalue weighted by molar-refractivity contribution is 0.0990. The number of nitrogens with two attached hydrogens (primary N) is 1. The largest absolute Gasteiger partial charge is 0.398 e. The molecule has 0 saturated heterocycles. The van der Waals surface area contributed by atoms with Crippen molar-refractivity contribution < 1.29 is 4.79 Å². The molecule has 0 amide bonds. The van der Waals surface area contributed by atoms with E-state index in [1.165, 1.54) is 0 Å². The second kappa shape index (κ2) is 5.97. The molecule has 0 aliphatic carbocycles. The van der Waals surface area contributed by atoms with E-state index >= 15 is 0 Å². The molecule has 2 rings (SSSR count). The monoisotopic (exact) mass is 355 g/mol. The van der Waals surface area contributed by atoms with Gasteiger partial charge in [-0.25, -0.2) is 0 Å². The lowest BCUT2D eigenvalue weighted by atomic mass is 10.1. The van der Waals surface area contributed by atoms with Crippen LogP contribution in [0.25, 0.3) is 0 Å². The molecule has 1 aromatic heterocycles. The molecule has 6 heteroatoms. The lowest BCUT2D eigenvalue weighted by Gasteiger charge is -2.05. The van der Waals surface area contributed by atoms with E-state index in [1.54, 1.807) is 29.9 Å². The van der Waals surface area contributed by atoms with Crippen molar-refractivity contribution in [2.45, 2.75) is 19.8 Å². The van der Waals surface area contributed by atoms with Gasteiger partial charge in [0.2, 0.25) is 0 Å². The highest BCUT2D eigenvalue weighted by Gasteiger charge is 2.17. The Morgan fingerprint density at radius 3 is 2.75 bits per heavy atom. The summed E-state index contributed by atoms with van der Waals surface area (Å²) in [7, 11) is 1.80. The van der Waals surface area contributed by atoms with E-state index in [0.717, 1.165) is 17.8 Å². The summed E-state index contributed by atoms with van der Waals surface area (Å²) < 4.78 is 2.39. The Balaban J connectivity index is 2.28. The van der Waals surface area contributed by atoms with Crippen molar-refractivity contribution in [2.75, 3.05) is 5.73 Å². The fraction of sp³-hybridized carbons (Fsp3) is 0.286. The highest BCUT2D eigenvalue weighted by Crippen LogP contribution is 2.24. The molecule has 2 aromatic rings. The molecule has 1 heterocycles. The van der Waals surface area contributed by atoms with Gasteiger partial charge in [-0.2, -0.15) is 5.10 Å². The van der Waals surface area contributed by atoms with Gasteiger partial charge in [-0.3, -0.25) is 9.48 Å². The highest BCUT2D eigenvalue weighted by molar-refractivity contribution is 9.10. The number of aromatic nitrogens is 2. The molecule has 0 aliphatic heterocycles. The fourth-order valence-electron chi connectivity index (χ4n) is 1.97. The van der Waals surface area contributed by atoms with Gasteiger partial charge in [-0.05, 0) is 40.5 Å². The van der Waals surface area contributed by atoms with Crippen LogP contribution in [0, 0.1) is 0 Å². The number of benzene rings is 1. The van der Waals surface area contributed by atoms with Crippen molar-refractivity contribution in [2.24, 2.45) is 7.05 Å². The first kappa shape index (κ1) is 15.1. The maximum atomic E-state index is 12.3. The maximum Gasteiger partial charge on any atom is 0.168 e. The number of Topliss-reactive ketones (excluding diaryl/α,β-unsaturated/α-hetero) is 1. The summed E-state index contributed by atoms with van der Waals surface area (Å²) in [4.78, 5) is 12.3. The van der Waals surface area contributed by atoms with Crippen LogP contribution < -0.4 is 5.73 Å². The summed E-state index contributed by atoms with van der Waals surface area (Å²) >= 11 is 9.58.